The molecule has 0 bridgehead atoms. The summed E-state index contributed by atoms with van der Waals surface area (Å²) in [7, 11) is 0. The summed E-state index contributed by atoms with van der Waals surface area (Å²) in [5.41, 5.74) is 7.60. The Morgan fingerprint density at radius 3 is 3.00 bits per heavy atom. The van der Waals surface area contributed by atoms with Gasteiger partial charge in [0.2, 0.25) is 0 Å². The molecule has 1 N–H and O–H groups in total. The van der Waals surface area contributed by atoms with E-state index in [4.69, 9.17) is 9.84 Å². The molecule has 0 fully saturated rings. The molecule has 27 heavy (non-hydrogen) atoms. The molecule has 3 aliphatic rings. The molecule has 3 aromatic rings. The lowest BCUT2D eigenvalue weighted by Gasteiger charge is -2.29. The first-order valence-corrected chi connectivity index (χ1v) is 10.1. The van der Waals surface area contributed by atoms with E-state index >= 15 is 0 Å². The topological polar surface area (TPSA) is 73.6 Å². The molecule has 0 amide bonds. The fraction of sp³-hybridized carbons (Fsp3) is 0.550. The average molecular weight is 364 g/mol. The average Bonchev–Trinajstić information content (AvgIpc) is 3.44. The predicted molar refractivity (Wildman–Crippen MR) is 98.6 cm³/mol. The van der Waals surface area contributed by atoms with E-state index in [0.29, 0.717) is 13.2 Å². The predicted octanol–water partition coefficient (Wildman–Crippen LogP) is 2.73. The highest BCUT2D eigenvalue weighted by atomic mass is 16.5. The standard InChI is InChI=1S/C20H24N6O/c1-2-6-16-14(5-1)20(24-23-16)19-12-27-11-18-15(10-22-26(18)19)17-7-3-4-13-8-9-21-25(13)17/h8-10,17,19H,1-7,11-12H2,(H,23,24). The third kappa shape index (κ3) is 2.34. The molecule has 7 heteroatoms. The normalized spacial score (nSPS) is 24.3. The van der Waals surface area contributed by atoms with Crippen LogP contribution in [0.3, 0.4) is 0 Å². The maximum atomic E-state index is 6.04. The number of ether oxygens (including phenoxy) is 1. The first kappa shape index (κ1) is 15.6. The first-order chi connectivity index (χ1) is 13.4. The summed E-state index contributed by atoms with van der Waals surface area (Å²) in [5, 5.41) is 17.4. The summed E-state index contributed by atoms with van der Waals surface area (Å²) in [6.07, 6.45) is 12.1. The van der Waals surface area contributed by atoms with E-state index in [1.807, 2.05) is 12.4 Å². The molecule has 3 aromatic heterocycles. The van der Waals surface area contributed by atoms with Gasteiger partial charge >= 0.3 is 0 Å². The van der Waals surface area contributed by atoms with E-state index < -0.39 is 0 Å². The number of aromatic nitrogens is 6. The summed E-state index contributed by atoms with van der Waals surface area (Å²) in [6.45, 7) is 1.26. The number of H-pyrrole nitrogens is 1. The maximum absolute atomic E-state index is 6.04. The Morgan fingerprint density at radius 1 is 1.04 bits per heavy atom. The van der Waals surface area contributed by atoms with Gasteiger partial charge in [0.25, 0.3) is 0 Å². The number of nitrogens with zero attached hydrogens (tertiary/aromatic N) is 5. The fourth-order valence-corrected chi connectivity index (χ4v) is 5.12. The van der Waals surface area contributed by atoms with Crippen molar-refractivity contribution in [3.05, 3.63) is 52.4 Å². The highest BCUT2D eigenvalue weighted by molar-refractivity contribution is 5.33. The van der Waals surface area contributed by atoms with Gasteiger partial charge in [-0.15, -0.1) is 0 Å². The molecule has 0 radical (unpaired) electrons. The molecule has 0 spiro atoms. The lowest BCUT2D eigenvalue weighted by molar-refractivity contribution is 0.0612. The van der Waals surface area contributed by atoms with Gasteiger partial charge in [0.1, 0.15) is 6.04 Å². The number of aryl methyl sites for hydroxylation is 2. The van der Waals surface area contributed by atoms with Crippen LogP contribution in [0.25, 0.3) is 0 Å². The molecular formula is C20H24N6O. The van der Waals surface area contributed by atoms with Crippen molar-refractivity contribution in [1.82, 2.24) is 29.8 Å². The Balaban J connectivity index is 1.41. The second-order valence-corrected chi connectivity index (χ2v) is 7.97. The molecule has 7 nitrogen and oxygen atoms in total. The second kappa shape index (κ2) is 6.05. The van der Waals surface area contributed by atoms with Crippen LogP contribution >= 0.6 is 0 Å². The molecule has 0 saturated carbocycles. The van der Waals surface area contributed by atoms with Gasteiger partial charge in [-0.1, -0.05) is 0 Å². The van der Waals surface area contributed by atoms with Crippen LogP contribution in [0, 0.1) is 0 Å². The lowest BCUT2D eigenvalue weighted by Crippen LogP contribution is -2.28. The zero-order valence-electron chi connectivity index (χ0n) is 15.4. The van der Waals surface area contributed by atoms with Crippen molar-refractivity contribution in [1.29, 1.82) is 0 Å². The van der Waals surface area contributed by atoms with E-state index in [0.717, 1.165) is 31.4 Å². The Hall–Kier alpha value is -2.41. The zero-order chi connectivity index (χ0) is 17.8. The van der Waals surface area contributed by atoms with Gasteiger partial charge in [-0.2, -0.15) is 15.3 Å². The van der Waals surface area contributed by atoms with Gasteiger partial charge in [0.15, 0.2) is 0 Å². The molecule has 140 valence electrons. The third-order valence-corrected chi connectivity index (χ3v) is 6.46. The SMILES string of the molecule is c1cc2n(n1)C(c1cnn3c1COCC3c1n[nH]c3c1CCCC3)CCC2. The monoisotopic (exact) mass is 364 g/mol. The highest BCUT2D eigenvalue weighted by Gasteiger charge is 2.33. The van der Waals surface area contributed by atoms with Crippen LogP contribution in [-0.4, -0.2) is 36.4 Å². The summed E-state index contributed by atoms with van der Waals surface area (Å²) >= 11 is 0. The summed E-state index contributed by atoms with van der Waals surface area (Å²) in [5.74, 6) is 0. The molecular weight excluding hydrogens is 340 g/mol. The number of aromatic amines is 1. The largest absolute Gasteiger partial charge is 0.373 e. The molecule has 0 saturated heterocycles. The smallest absolute Gasteiger partial charge is 0.120 e. The van der Waals surface area contributed by atoms with Crippen molar-refractivity contribution in [2.45, 2.75) is 63.6 Å². The number of fused-ring (bicyclic) bond motifs is 3. The number of hydrogen-bond donors (Lipinski definition) is 1. The van der Waals surface area contributed by atoms with Gasteiger partial charge < -0.3 is 4.74 Å². The van der Waals surface area contributed by atoms with E-state index in [9.17, 15) is 0 Å². The third-order valence-electron chi connectivity index (χ3n) is 6.46. The first-order valence-electron chi connectivity index (χ1n) is 10.1. The second-order valence-electron chi connectivity index (χ2n) is 7.97. The van der Waals surface area contributed by atoms with E-state index in [1.54, 1.807) is 0 Å². The van der Waals surface area contributed by atoms with Crippen LogP contribution in [0.1, 0.15) is 71.7 Å². The van der Waals surface area contributed by atoms with Crippen molar-refractivity contribution in [3.63, 3.8) is 0 Å². The number of hydrogen-bond acceptors (Lipinski definition) is 4. The maximum Gasteiger partial charge on any atom is 0.120 e. The lowest BCUT2D eigenvalue weighted by atomic mass is 9.93. The Kier molecular flexibility index (Phi) is 3.50. The van der Waals surface area contributed by atoms with Crippen molar-refractivity contribution in [3.8, 4) is 0 Å². The minimum atomic E-state index is 0.0706. The highest BCUT2D eigenvalue weighted by Crippen LogP contribution is 2.36. The van der Waals surface area contributed by atoms with Gasteiger partial charge in [0.05, 0.1) is 36.8 Å². The van der Waals surface area contributed by atoms with Crippen LogP contribution in [0.2, 0.25) is 0 Å². The summed E-state index contributed by atoms with van der Waals surface area (Å²) < 4.78 is 10.4. The molecule has 0 aromatic carbocycles. The molecule has 2 atom stereocenters. The fourth-order valence-electron chi connectivity index (χ4n) is 5.12. The molecule has 2 unspecified atom stereocenters. The van der Waals surface area contributed by atoms with Crippen LogP contribution < -0.4 is 0 Å². The molecule has 2 aliphatic heterocycles. The molecule has 5 heterocycles. The Labute approximate surface area is 157 Å². The Morgan fingerprint density at radius 2 is 2.00 bits per heavy atom. The van der Waals surface area contributed by atoms with E-state index in [-0.39, 0.29) is 12.1 Å². The van der Waals surface area contributed by atoms with Gasteiger partial charge in [0, 0.05) is 23.1 Å². The van der Waals surface area contributed by atoms with Crippen molar-refractivity contribution in [2.24, 2.45) is 0 Å². The summed E-state index contributed by atoms with van der Waals surface area (Å²) in [6, 6.07) is 2.47. The van der Waals surface area contributed by atoms with E-state index in [2.05, 4.69) is 30.7 Å². The summed E-state index contributed by atoms with van der Waals surface area (Å²) in [4.78, 5) is 0. The Bertz CT molecular complexity index is 983. The molecule has 6 rings (SSSR count). The van der Waals surface area contributed by atoms with Crippen LogP contribution in [0.15, 0.2) is 18.5 Å². The van der Waals surface area contributed by atoms with Crippen molar-refractivity contribution < 1.29 is 4.74 Å². The van der Waals surface area contributed by atoms with Crippen LogP contribution in [-0.2, 0) is 30.6 Å². The number of nitrogens with one attached hydrogen (secondary N) is 1. The zero-order valence-corrected chi connectivity index (χ0v) is 15.4. The van der Waals surface area contributed by atoms with Gasteiger partial charge in [-0.3, -0.25) is 14.5 Å². The quantitative estimate of drug-likeness (QED) is 0.759. The minimum absolute atomic E-state index is 0.0706. The van der Waals surface area contributed by atoms with Crippen molar-refractivity contribution >= 4 is 0 Å². The van der Waals surface area contributed by atoms with E-state index in [1.165, 1.54) is 47.5 Å². The van der Waals surface area contributed by atoms with Crippen LogP contribution in [0.4, 0.5) is 0 Å². The molecule has 1 aliphatic carbocycles. The van der Waals surface area contributed by atoms with Crippen molar-refractivity contribution in [2.75, 3.05) is 6.61 Å². The number of rotatable bonds is 2. The minimum Gasteiger partial charge on any atom is -0.373 e. The van der Waals surface area contributed by atoms with Gasteiger partial charge in [-0.25, -0.2) is 0 Å². The van der Waals surface area contributed by atoms with Gasteiger partial charge in [-0.05, 0) is 56.6 Å². The van der Waals surface area contributed by atoms with Crippen LogP contribution in [0.5, 0.6) is 0 Å².